The van der Waals surface area contributed by atoms with Crippen LogP contribution >= 0.6 is 0 Å². The lowest BCUT2D eigenvalue weighted by Crippen LogP contribution is -2.49. The molecule has 0 bridgehead atoms. The zero-order chi connectivity index (χ0) is 22.1. The Kier molecular flexibility index (Phi) is 8.72. The Hall–Kier alpha value is -3.01. The van der Waals surface area contributed by atoms with E-state index in [1.54, 1.807) is 26.0 Å². The molecule has 0 saturated carbocycles. The Morgan fingerprint density at radius 3 is 2.23 bits per heavy atom. The molecule has 30 heavy (non-hydrogen) atoms. The SMILES string of the molecule is [C-]#[N+]c1ccc(CC2=C(CCCCC)[C@H](C)N(C(=O)OCC)N2C(=O)OCC)cc1. The van der Waals surface area contributed by atoms with E-state index in [2.05, 4.69) is 11.8 Å². The number of carbonyl (C=O) groups excluding carboxylic acids is 2. The predicted molar refractivity (Wildman–Crippen MR) is 115 cm³/mol. The molecule has 1 aliphatic heterocycles. The van der Waals surface area contributed by atoms with Gasteiger partial charge in [0.15, 0.2) is 5.69 Å². The summed E-state index contributed by atoms with van der Waals surface area (Å²) >= 11 is 0. The number of ether oxygens (including phenoxy) is 2. The molecule has 7 nitrogen and oxygen atoms in total. The van der Waals surface area contributed by atoms with Crippen LogP contribution < -0.4 is 0 Å². The molecule has 1 aromatic rings. The third-order valence-electron chi connectivity index (χ3n) is 5.10. The molecule has 0 radical (unpaired) electrons. The highest BCUT2D eigenvalue weighted by atomic mass is 16.6. The van der Waals surface area contributed by atoms with E-state index in [9.17, 15) is 9.59 Å². The van der Waals surface area contributed by atoms with Crippen LogP contribution in [0.15, 0.2) is 35.5 Å². The van der Waals surface area contributed by atoms with E-state index >= 15 is 0 Å². The van der Waals surface area contributed by atoms with E-state index < -0.39 is 12.2 Å². The zero-order valence-electron chi connectivity index (χ0n) is 18.3. The Morgan fingerprint density at radius 1 is 1.03 bits per heavy atom. The largest absolute Gasteiger partial charge is 0.448 e. The Bertz CT molecular complexity index is 811. The molecule has 2 amide bonds. The van der Waals surface area contributed by atoms with Crippen LogP contribution in [0.1, 0.15) is 58.9 Å². The molecule has 1 heterocycles. The first-order chi connectivity index (χ1) is 14.5. The first kappa shape index (κ1) is 23.3. The molecule has 0 spiro atoms. The second kappa shape index (κ2) is 11.2. The Morgan fingerprint density at radius 2 is 1.67 bits per heavy atom. The summed E-state index contributed by atoms with van der Waals surface area (Å²) in [5, 5.41) is 2.71. The number of rotatable bonds is 8. The number of carbonyl (C=O) groups is 2. The van der Waals surface area contributed by atoms with Crippen LogP contribution in [-0.4, -0.2) is 41.5 Å². The average molecular weight is 414 g/mol. The zero-order valence-corrected chi connectivity index (χ0v) is 18.3. The number of amides is 2. The van der Waals surface area contributed by atoms with Crippen molar-refractivity contribution in [3.05, 3.63) is 52.5 Å². The maximum Gasteiger partial charge on any atom is 0.433 e. The predicted octanol–water partition coefficient (Wildman–Crippen LogP) is 5.85. The monoisotopic (exact) mass is 413 g/mol. The van der Waals surface area contributed by atoms with Gasteiger partial charge < -0.3 is 9.47 Å². The molecule has 1 aliphatic rings. The third-order valence-corrected chi connectivity index (χ3v) is 5.10. The van der Waals surface area contributed by atoms with Gasteiger partial charge in [-0.1, -0.05) is 44.0 Å². The molecular weight excluding hydrogens is 382 g/mol. The summed E-state index contributed by atoms with van der Waals surface area (Å²) in [6.07, 6.45) is 3.22. The maximum atomic E-state index is 12.9. The molecule has 0 fully saturated rings. The van der Waals surface area contributed by atoms with Crippen LogP contribution in [0.2, 0.25) is 0 Å². The van der Waals surface area contributed by atoms with Crippen molar-refractivity contribution in [1.29, 1.82) is 0 Å². The fraction of sp³-hybridized carbons (Fsp3) is 0.522. The topological polar surface area (TPSA) is 63.4 Å². The van der Waals surface area contributed by atoms with Crippen LogP contribution in [0.5, 0.6) is 0 Å². The number of hydrazine groups is 1. The van der Waals surface area contributed by atoms with Gasteiger partial charge in [-0.25, -0.2) is 19.4 Å². The highest BCUT2D eigenvalue weighted by Crippen LogP contribution is 2.36. The minimum Gasteiger partial charge on any atom is -0.448 e. The van der Waals surface area contributed by atoms with Gasteiger partial charge in [0.25, 0.3) is 0 Å². The number of benzene rings is 1. The van der Waals surface area contributed by atoms with Gasteiger partial charge in [-0.3, -0.25) is 0 Å². The summed E-state index contributed by atoms with van der Waals surface area (Å²) in [4.78, 5) is 29.0. The lowest BCUT2D eigenvalue weighted by molar-refractivity contribution is -0.000610. The molecule has 7 heteroatoms. The van der Waals surface area contributed by atoms with E-state index in [-0.39, 0.29) is 19.3 Å². The summed E-state index contributed by atoms with van der Waals surface area (Å²) in [6, 6.07) is 6.98. The van der Waals surface area contributed by atoms with Crippen molar-refractivity contribution >= 4 is 17.9 Å². The normalized spacial score (nSPS) is 15.9. The highest BCUT2D eigenvalue weighted by Gasteiger charge is 2.43. The molecule has 1 aromatic carbocycles. The van der Waals surface area contributed by atoms with Crippen molar-refractivity contribution in [3.8, 4) is 0 Å². The quantitative estimate of drug-likeness (QED) is 0.396. The highest BCUT2D eigenvalue weighted by molar-refractivity contribution is 5.78. The maximum absolute atomic E-state index is 12.9. The molecule has 0 N–H and O–H groups in total. The van der Waals surface area contributed by atoms with Crippen LogP contribution in [0.25, 0.3) is 4.85 Å². The summed E-state index contributed by atoms with van der Waals surface area (Å²) in [7, 11) is 0. The van der Waals surface area contributed by atoms with E-state index in [1.165, 1.54) is 10.0 Å². The van der Waals surface area contributed by atoms with Gasteiger partial charge in [-0.05, 0) is 44.7 Å². The molecule has 0 aromatic heterocycles. The lowest BCUT2D eigenvalue weighted by atomic mass is 9.97. The van der Waals surface area contributed by atoms with Crippen molar-refractivity contribution in [2.45, 2.75) is 65.8 Å². The number of hydrogen-bond donors (Lipinski definition) is 0. The number of nitrogens with zero attached hydrogens (tertiary/aromatic N) is 3. The fourth-order valence-electron chi connectivity index (χ4n) is 3.63. The van der Waals surface area contributed by atoms with Gasteiger partial charge in [0.05, 0.1) is 31.5 Å². The van der Waals surface area contributed by atoms with Gasteiger partial charge >= 0.3 is 12.2 Å². The summed E-state index contributed by atoms with van der Waals surface area (Å²) in [6.45, 7) is 15.1. The molecule has 1 atom stereocenters. The van der Waals surface area contributed by atoms with Gasteiger partial charge in [0.1, 0.15) is 0 Å². The second-order valence-electron chi connectivity index (χ2n) is 7.11. The third kappa shape index (κ3) is 5.32. The first-order valence-corrected chi connectivity index (χ1v) is 10.6. The van der Waals surface area contributed by atoms with Crippen molar-refractivity contribution in [3.63, 3.8) is 0 Å². The van der Waals surface area contributed by atoms with Crippen molar-refractivity contribution in [1.82, 2.24) is 10.0 Å². The first-order valence-electron chi connectivity index (χ1n) is 10.6. The van der Waals surface area contributed by atoms with Gasteiger partial charge in [0, 0.05) is 6.42 Å². The standard InChI is InChI=1S/C23H31N3O4/c1-6-9-10-11-20-17(4)25(22(27)29-7-2)26(23(28)30-8-3)21(20)16-18-12-14-19(24-5)15-13-18/h12-15,17H,6-11,16H2,1-4H3/t17-/m0/s1. The van der Waals surface area contributed by atoms with Gasteiger partial charge in [0.2, 0.25) is 0 Å². The summed E-state index contributed by atoms with van der Waals surface area (Å²) in [5.74, 6) is 0. The van der Waals surface area contributed by atoms with Crippen LogP contribution in [-0.2, 0) is 15.9 Å². The van der Waals surface area contributed by atoms with Crippen molar-refractivity contribution in [2.24, 2.45) is 0 Å². The lowest BCUT2D eigenvalue weighted by Gasteiger charge is -2.31. The fourth-order valence-corrected chi connectivity index (χ4v) is 3.63. The van der Waals surface area contributed by atoms with Crippen LogP contribution in [0, 0.1) is 6.57 Å². The number of hydrogen-bond acceptors (Lipinski definition) is 4. The van der Waals surface area contributed by atoms with E-state index in [0.29, 0.717) is 12.1 Å². The minimum absolute atomic E-state index is 0.207. The van der Waals surface area contributed by atoms with E-state index in [0.717, 1.165) is 42.5 Å². The minimum atomic E-state index is -0.587. The van der Waals surface area contributed by atoms with Gasteiger partial charge in [-0.15, -0.1) is 0 Å². The van der Waals surface area contributed by atoms with Crippen LogP contribution in [0.4, 0.5) is 15.3 Å². The molecule has 0 saturated heterocycles. The average Bonchev–Trinajstić information content (AvgIpc) is 3.01. The smallest absolute Gasteiger partial charge is 0.433 e. The van der Waals surface area contributed by atoms with E-state index in [4.69, 9.17) is 16.0 Å². The second-order valence-corrected chi connectivity index (χ2v) is 7.11. The Balaban J connectivity index is 2.46. The summed E-state index contributed by atoms with van der Waals surface area (Å²) in [5.41, 5.74) is 3.31. The number of allylic oxidation sites excluding steroid dienone is 1. The molecule has 2 rings (SSSR count). The molecule has 0 aliphatic carbocycles. The van der Waals surface area contributed by atoms with Crippen LogP contribution in [0.3, 0.4) is 0 Å². The molecule has 162 valence electrons. The van der Waals surface area contributed by atoms with Gasteiger partial charge in [-0.2, -0.15) is 5.01 Å². The van der Waals surface area contributed by atoms with Crippen molar-refractivity contribution < 1.29 is 19.1 Å². The van der Waals surface area contributed by atoms with E-state index in [1.807, 2.05) is 19.1 Å². The summed E-state index contributed by atoms with van der Waals surface area (Å²) < 4.78 is 10.5. The molecule has 0 unspecified atom stereocenters. The molecular formula is C23H31N3O4. The van der Waals surface area contributed by atoms with Crippen molar-refractivity contribution in [2.75, 3.05) is 13.2 Å². The Labute approximate surface area is 179 Å². The number of unbranched alkanes of at least 4 members (excludes halogenated alkanes) is 2.